The minimum absolute atomic E-state index is 0.317. The Morgan fingerprint density at radius 2 is 2.15 bits per heavy atom. The number of rotatable bonds is 7. The van der Waals surface area contributed by atoms with E-state index in [2.05, 4.69) is 13.5 Å². The van der Waals surface area contributed by atoms with Gasteiger partial charge in [-0.1, -0.05) is 13.0 Å². The van der Waals surface area contributed by atoms with Gasteiger partial charge >= 0.3 is 0 Å². The summed E-state index contributed by atoms with van der Waals surface area (Å²) in [5.41, 5.74) is -0.317. The molecule has 0 fully saturated rings. The minimum Gasteiger partial charge on any atom is -0.462 e. The molecule has 76 valence electrons. The van der Waals surface area contributed by atoms with Crippen LogP contribution in [0.1, 0.15) is 40.0 Å². The third kappa shape index (κ3) is 6.38. The van der Waals surface area contributed by atoms with Crippen LogP contribution in [0.4, 0.5) is 0 Å². The van der Waals surface area contributed by atoms with Gasteiger partial charge in [-0.2, -0.15) is 0 Å². The molecule has 0 unspecified atom stereocenters. The first-order valence-electron chi connectivity index (χ1n) is 4.76. The molecule has 0 amide bonds. The van der Waals surface area contributed by atoms with Gasteiger partial charge in [0, 0.05) is 0 Å². The molecule has 0 radical (unpaired) electrons. The SMILES string of the molecule is C=C[C@@H](C)CCCC(C)(C)OC=O. The highest BCUT2D eigenvalue weighted by atomic mass is 16.5. The van der Waals surface area contributed by atoms with Crippen molar-refractivity contribution in [3.8, 4) is 0 Å². The maximum absolute atomic E-state index is 10.1. The van der Waals surface area contributed by atoms with Crippen LogP contribution >= 0.6 is 0 Å². The lowest BCUT2D eigenvalue weighted by molar-refractivity contribution is -0.140. The summed E-state index contributed by atoms with van der Waals surface area (Å²) < 4.78 is 4.94. The summed E-state index contributed by atoms with van der Waals surface area (Å²) in [4.78, 5) is 10.1. The summed E-state index contributed by atoms with van der Waals surface area (Å²) in [6.07, 6.45) is 5.03. The lowest BCUT2D eigenvalue weighted by atomic mass is 9.97. The van der Waals surface area contributed by atoms with Crippen LogP contribution < -0.4 is 0 Å². The average molecular weight is 184 g/mol. The predicted molar refractivity (Wildman–Crippen MR) is 54.4 cm³/mol. The molecule has 1 atom stereocenters. The standard InChI is InChI=1S/C11H20O2/c1-5-10(2)7-6-8-11(3,4)13-9-12/h5,9-10H,1,6-8H2,2-4H3/t10-/m1/s1. The van der Waals surface area contributed by atoms with E-state index in [9.17, 15) is 4.79 Å². The van der Waals surface area contributed by atoms with Gasteiger partial charge in [0.15, 0.2) is 0 Å². The van der Waals surface area contributed by atoms with E-state index in [1.807, 2.05) is 19.9 Å². The van der Waals surface area contributed by atoms with Crippen molar-refractivity contribution in [1.29, 1.82) is 0 Å². The zero-order valence-electron chi connectivity index (χ0n) is 8.88. The first-order valence-corrected chi connectivity index (χ1v) is 4.76. The van der Waals surface area contributed by atoms with Gasteiger partial charge in [0.2, 0.25) is 0 Å². The van der Waals surface area contributed by atoms with Gasteiger partial charge in [0.05, 0.1) is 0 Å². The van der Waals surface area contributed by atoms with Crippen LogP contribution in [-0.4, -0.2) is 12.1 Å². The van der Waals surface area contributed by atoms with E-state index in [1.54, 1.807) is 0 Å². The summed E-state index contributed by atoms with van der Waals surface area (Å²) >= 11 is 0. The van der Waals surface area contributed by atoms with Gasteiger partial charge < -0.3 is 4.74 Å². The molecule has 2 heteroatoms. The summed E-state index contributed by atoms with van der Waals surface area (Å²) in [7, 11) is 0. The topological polar surface area (TPSA) is 26.3 Å². The van der Waals surface area contributed by atoms with Crippen LogP contribution in [0.3, 0.4) is 0 Å². The smallest absolute Gasteiger partial charge is 0.293 e. The normalized spacial score (nSPS) is 13.5. The van der Waals surface area contributed by atoms with Crippen molar-refractivity contribution in [2.45, 2.75) is 45.6 Å². The quantitative estimate of drug-likeness (QED) is 0.449. The maximum Gasteiger partial charge on any atom is 0.293 e. The highest BCUT2D eigenvalue weighted by Crippen LogP contribution is 2.19. The van der Waals surface area contributed by atoms with Gasteiger partial charge in [0.25, 0.3) is 6.47 Å². The van der Waals surface area contributed by atoms with Crippen LogP contribution in [-0.2, 0) is 9.53 Å². The Hall–Kier alpha value is -0.790. The molecule has 0 spiro atoms. The average Bonchev–Trinajstić information content (AvgIpc) is 2.03. The Morgan fingerprint density at radius 1 is 1.54 bits per heavy atom. The van der Waals surface area contributed by atoms with Gasteiger partial charge in [-0.25, -0.2) is 0 Å². The Balaban J connectivity index is 3.62. The van der Waals surface area contributed by atoms with E-state index in [4.69, 9.17) is 4.74 Å². The summed E-state index contributed by atoms with van der Waals surface area (Å²) in [5.74, 6) is 0.548. The predicted octanol–water partition coefficient (Wildman–Crippen LogP) is 2.93. The fourth-order valence-electron chi connectivity index (χ4n) is 1.16. The lowest BCUT2D eigenvalue weighted by Crippen LogP contribution is -2.23. The molecular formula is C11H20O2. The van der Waals surface area contributed by atoms with E-state index in [-0.39, 0.29) is 5.60 Å². The first kappa shape index (κ1) is 12.2. The van der Waals surface area contributed by atoms with Crippen molar-refractivity contribution in [2.24, 2.45) is 5.92 Å². The van der Waals surface area contributed by atoms with Crippen molar-refractivity contribution in [3.05, 3.63) is 12.7 Å². The van der Waals surface area contributed by atoms with Crippen molar-refractivity contribution in [2.75, 3.05) is 0 Å². The number of hydrogen-bond acceptors (Lipinski definition) is 2. The van der Waals surface area contributed by atoms with Crippen molar-refractivity contribution in [1.82, 2.24) is 0 Å². The molecule has 0 rings (SSSR count). The number of carbonyl (C=O) groups is 1. The van der Waals surface area contributed by atoms with Crippen LogP contribution in [0.5, 0.6) is 0 Å². The van der Waals surface area contributed by atoms with Gasteiger partial charge in [-0.15, -0.1) is 6.58 Å². The molecule has 0 aromatic carbocycles. The molecule has 0 saturated carbocycles. The Morgan fingerprint density at radius 3 is 2.62 bits per heavy atom. The van der Waals surface area contributed by atoms with Crippen LogP contribution in [0.15, 0.2) is 12.7 Å². The summed E-state index contributed by atoms with van der Waals surface area (Å²) in [6, 6.07) is 0. The molecule has 0 aromatic heterocycles. The fourth-order valence-corrected chi connectivity index (χ4v) is 1.16. The summed E-state index contributed by atoms with van der Waals surface area (Å²) in [5, 5.41) is 0. The van der Waals surface area contributed by atoms with E-state index < -0.39 is 0 Å². The maximum atomic E-state index is 10.1. The minimum atomic E-state index is -0.317. The van der Waals surface area contributed by atoms with E-state index >= 15 is 0 Å². The number of allylic oxidation sites excluding steroid dienone is 1. The monoisotopic (exact) mass is 184 g/mol. The zero-order valence-corrected chi connectivity index (χ0v) is 8.88. The van der Waals surface area contributed by atoms with E-state index in [1.165, 1.54) is 0 Å². The Labute approximate surface area is 81.0 Å². The van der Waals surface area contributed by atoms with Crippen LogP contribution in [0.25, 0.3) is 0 Å². The molecule has 0 N–H and O–H groups in total. The molecule has 2 nitrogen and oxygen atoms in total. The molecule has 0 bridgehead atoms. The third-order valence-corrected chi connectivity index (χ3v) is 2.21. The van der Waals surface area contributed by atoms with Crippen molar-refractivity contribution >= 4 is 6.47 Å². The van der Waals surface area contributed by atoms with Crippen molar-refractivity contribution < 1.29 is 9.53 Å². The molecule has 0 aromatic rings. The number of ether oxygens (including phenoxy) is 1. The first-order chi connectivity index (χ1) is 6.02. The molecular weight excluding hydrogens is 164 g/mol. The van der Waals surface area contributed by atoms with Crippen molar-refractivity contribution in [3.63, 3.8) is 0 Å². The largest absolute Gasteiger partial charge is 0.462 e. The van der Waals surface area contributed by atoms with E-state index in [0.717, 1.165) is 19.3 Å². The molecule has 0 aliphatic carbocycles. The Kier molecular flexibility index (Phi) is 5.44. The van der Waals surface area contributed by atoms with Gasteiger partial charge in [0.1, 0.15) is 5.60 Å². The zero-order chi connectivity index (χ0) is 10.3. The molecule has 0 saturated heterocycles. The molecule has 0 aliphatic heterocycles. The van der Waals surface area contributed by atoms with Gasteiger partial charge in [-0.3, -0.25) is 4.79 Å². The Bertz CT molecular complexity index is 161. The summed E-state index contributed by atoms with van der Waals surface area (Å²) in [6.45, 7) is 10.2. The van der Waals surface area contributed by atoms with Crippen LogP contribution in [0, 0.1) is 5.92 Å². The number of carbonyl (C=O) groups excluding carboxylic acids is 1. The second kappa shape index (κ2) is 5.79. The second-order valence-electron chi connectivity index (χ2n) is 4.08. The second-order valence-corrected chi connectivity index (χ2v) is 4.08. The fraction of sp³-hybridized carbons (Fsp3) is 0.727. The van der Waals surface area contributed by atoms with Gasteiger partial charge in [-0.05, 0) is 39.0 Å². The number of hydrogen-bond donors (Lipinski definition) is 0. The van der Waals surface area contributed by atoms with Crippen LogP contribution in [0.2, 0.25) is 0 Å². The van der Waals surface area contributed by atoms with E-state index in [0.29, 0.717) is 12.4 Å². The highest BCUT2D eigenvalue weighted by Gasteiger charge is 2.17. The molecule has 0 aliphatic rings. The molecule has 0 heterocycles. The highest BCUT2D eigenvalue weighted by molar-refractivity contribution is 5.38. The third-order valence-electron chi connectivity index (χ3n) is 2.21. The molecule has 13 heavy (non-hydrogen) atoms. The lowest BCUT2D eigenvalue weighted by Gasteiger charge is -2.22.